The van der Waals surface area contributed by atoms with Crippen LogP contribution in [0.15, 0.2) is 58.3 Å². The number of nitrogens with two attached hydrogens (primary N) is 1. The SMILES string of the molecule is C[C@H](NCC(=O)NCCSc1ccc(Cl)cc1)c1cccc(S(N)(=O)=O)c1. The first-order valence-electron chi connectivity index (χ1n) is 8.27. The van der Waals surface area contributed by atoms with Crippen LogP contribution in [0.2, 0.25) is 5.02 Å². The summed E-state index contributed by atoms with van der Waals surface area (Å²) in [5, 5.41) is 11.8. The topological polar surface area (TPSA) is 101 Å². The molecule has 0 aliphatic carbocycles. The van der Waals surface area contributed by atoms with E-state index < -0.39 is 10.0 Å². The Morgan fingerprint density at radius 2 is 1.93 bits per heavy atom. The summed E-state index contributed by atoms with van der Waals surface area (Å²) in [5.41, 5.74) is 0.743. The van der Waals surface area contributed by atoms with Gasteiger partial charge in [-0.25, -0.2) is 13.6 Å². The molecule has 4 N–H and O–H groups in total. The molecule has 0 unspecified atom stereocenters. The Morgan fingerprint density at radius 1 is 1.22 bits per heavy atom. The van der Waals surface area contributed by atoms with Crippen LogP contribution in [-0.4, -0.2) is 33.2 Å². The Balaban J connectivity index is 1.72. The minimum absolute atomic E-state index is 0.0531. The van der Waals surface area contributed by atoms with Crippen molar-refractivity contribution >= 4 is 39.3 Å². The molecule has 0 aromatic heterocycles. The average Bonchev–Trinajstić information content (AvgIpc) is 2.64. The van der Waals surface area contributed by atoms with Gasteiger partial charge in [-0.2, -0.15) is 0 Å². The van der Waals surface area contributed by atoms with Crippen molar-refractivity contribution in [2.24, 2.45) is 5.14 Å². The fraction of sp³-hybridized carbons (Fsp3) is 0.278. The Bertz CT molecular complexity index is 874. The minimum Gasteiger partial charge on any atom is -0.354 e. The third-order valence-corrected chi connectivity index (χ3v) is 5.94. The monoisotopic (exact) mass is 427 g/mol. The zero-order valence-corrected chi connectivity index (χ0v) is 17.2. The standard InChI is InChI=1S/C18H22ClN3O3S2/c1-13(14-3-2-4-17(11-14)27(20,24)25)22-12-18(23)21-9-10-26-16-7-5-15(19)6-8-16/h2-8,11,13,22H,9-10,12H2,1H3,(H,21,23)(H2,20,24,25)/t13-/m0/s1. The molecule has 0 aliphatic heterocycles. The first kappa shape index (κ1) is 21.7. The van der Waals surface area contributed by atoms with Crippen molar-refractivity contribution in [1.82, 2.24) is 10.6 Å². The third kappa shape index (κ3) is 7.51. The molecule has 9 heteroatoms. The van der Waals surface area contributed by atoms with E-state index in [2.05, 4.69) is 10.6 Å². The second-order valence-corrected chi connectivity index (χ2v) is 9.04. The smallest absolute Gasteiger partial charge is 0.238 e. The molecule has 0 heterocycles. The van der Waals surface area contributed by atoms with Crippen molar-refractivity contribution in [3.63, 3.8) is 0 Å². The van der Waals surface area contributed by atoms with Crippen LogP contribution >= 0.6 is 23.4 Å². The van der Waals surface area contributed by atoms with E-state index in [4.69, 9.17) is 16.7 Å². The van der Waals surface area contributed by atoms with E-state index >= 15 is 0 Å². The summed E-state index contributed by atoms with van der Waals surface area (Å²) < 4.78 is 22.8. The number of benzene rings is 2. The fourth-order valence-corrected chi connectivity index (χ4v) is 3.74. The van der Waals surface area contributed by atoms with Gasteiger partial charge >= 0.3 is 0 Å². The molecule has 0 radical (unpaired) electrons. The van der Waals surface area contributed by atoms with Crippen molar-refractivity contribution in [3.8, 4) is 0 Å². The molecular formula is C18H22ClN3O3S2. The molecule has 0 saturated carbocycles. The molecule has 0 fully saturated rings. The van der Waals surface area contributed by atoms with Gasteiger partial charge in [0, 0.05) is 28.3 Å². The van der Waals surface area contributed by atoms with E-state index in [1.807, 2.05) is 31.2 Å². The highest BCUT2D eigenvalue weighted by Crippen LogP contribution is 2.19. The van der Waals surface area contributed by atoms with Gasteiger partial charge in [-0.05, 0) is 48.9 Å². The van der Waals surface area contributed by atoms with Gasteiger partial charge in [0.05, 0.1) is 11.4 Å². The maximum Gasteiger partial charge on any atom is 0.238 e. The predicted molar refractivity (Wildman–Crippen MR) is 109 cm³/mol. The van der Waals surface area contributed by atoms with Crippen LogP contribution in [0.1, 0.15) is 18.5 Å². The lowest BCUT2D eigenvalue weighted by Crippen LogP contribution is -2.36. The summed E-state index contributed by atoms with van der Waals surface area (Å²) in [6, 6.07) is 13.7. The second kappa shape index (κ2) is 10.1. The predicted octanol–water partition coefficient (Wildman–Crippen LogP) is 2.55. The zero-order valence-electron chi connectivity index (χ0n) is 14.8. The third-order valence-electron chi connectivity index (χ3n) is 3.76. The average molecular weight is 428 g/mol. The number of halogens is 1. The van der Waals surface area contributed by atoms with Gasteiger partial charge in [0.1, 0.15) is 0 Å². The van der Waals surface area contributed by atoms with Crippen molar-refractivity contribution in [3.05, 3.63) is 59.1 Å². The highest BCUT2D eigenvalue weighted by Gasteiger charge is 2.12. The second-order valence-electron chi connectivity index (χ2n) is 5.87. The van der Waals surface area contributed by atoms with Crippen LogP contribution in [0.3, 0.4) is 0 Å². The largest absolute Gasteiger partial charge is 0.354 e. The molecule has 146 valence electrons. The van der Waals surface area contributed by atoms with Gasteiger partial charge in [0.2, 0.25) is 15.9 Å². The van der Waals surface area contributed by atoms with Crippen LogP contribution in [-0.2, 0) is 14.8 Å². The first-order chi connectivity index (χ1) is 12.8. The lowest BCUT2D eigenvalue weighted by molar-refractivity contribution is -0.120. The van der Waals surface area contributed by atoms with Crippen LogP contribution in [0, 0.1) is 0 Å². The number of sulfonamides is 1. The Labute approximate surface area is 168 Å². The summed E-state index contributed by atoms with van der Waals surface area (Å²) in [7, 11) is -3.75. The normalized spacial score (nSPS) is 12.6. The highest BCUT2D eigenvalue weighted by molar-refractivity contribution is 7.99. The molecular weight excluding hydrogens is 406 g/mol. The molecule has 1 atom stereocenters. The molecule has 2 rings (SSSR count). The lowest BCUT2D eigenvalue weighted by atomic mass is 10.1. The van der Waals surface area contributed by atoms with E-state index in [1.165, 1.54) is 12.1 Å². The molecule has 0 saturated heterocycles. The molecule has 0 aliphatic rings. The maximum atomic E-state index is 11.9. The van der Waals surface area contributed by atoms with E-state index in [0.717, 1.165) is 16.2 Å². The molecule has 0 spiro atoms. The van der Waals surface area contributed by atoms with Gasteiger partial charge in [0.25, 0.3) is 0 Å². The molecule has 0 bridgehead atoms. The van der Waals surface area contributed by atoms with Gasteiger partial charge in [-0.15, -0.1) is 11.8 Å². The zero-order chi connectivity index (χ0) is 19.9. The summed E-state index contributed by atoms with van der Waals surface area (Å²) >= 11 is 7.47. The highest BCUT2D eigenvalue weighted by atomic mass is 35.5. The first-order valence-corrected chi connectivity index (χ1v) is 11.2. The number of amides is 1. The Morgan fingerprint density at radius 3 is 2.59 bits per heavy atom. The number of primary sulfonamides is 1. The van der Waals surface area contributed by atoms with Crippen molar-refractivity contribution in [2.75, 3.05) is 18.8 Å². The fourth-order valence-electron chi connectivity index (χ4n) is 2.28. The van der Waals surface area contributed by atoms with Crippen molar-refractivity contribution in [1.29, 1.82) is 0 Å². The number of hydrogen-bond donors (Lipinski definition) is 3. The van der Waals surface area contributed by atoms with Crippen molar-refractivity contribution < 1.29 is 13.2 Å². The van der Waals surface area contributed by atoms with Crippen LogP contribution in [0.4, 0.5) is 0 Å². The number of rotatable bonds is 9. The van der Waals surface area contributed by atoms with E-state index in [1.54, 1.807) is 23.9 Å². The Hall–Kier alpha value is -1.58. The summed E-state index contributed by atoms with van der Waals surface area (Å²) in [4.78, 5) is 13.1. The lowest BCUT2D eigenvalue weighted by Gasteiger charge is -2.15. The number of nitrogens with one attached hydrogen (secondary N) is 2. The number of thioether (sulfide) groups is 1. The quantitative estimate of drug-likeness (QED) is 0.421. The molecule has 6 nitrogen and oxygen atoms in total. The maximum absolute atomic E-state index is 11.9. The number of carbonyl (C=O) groups is 1. The summed E-state index contributed by atoms with van der Waals surface area (Å²) in [5.74, 6) is 0.625. The number of carbonyl (C=O) groups excluding carboxylic acids is 1. The minimum atomic E-state index is -3.75. The van der Waals surface area contributed by atoms with E-state index in [9.17, 15) is 13.2 Å². The van der Waals surface area contributed by atoms with Gasteiger partial charge in [-0.1, -0.05) is 23.7 Å². The van der Waals surface area contributed by atoms with Crippen LogP contribution in [0.25, 0.3) is 0 Å². The molecule has 2 aromatic carbocycles. The molecule has 2 aromatic rings. The van der Waals surface area contributed by atoms with E-state index in [0.29, 0.717) is 11.6 Å². The Kier molecular flexibility index (Phi) is 8.12. The number of hydrogen-bond acceptors (Lipinski definition) is 5. The van der Waals surface area contributed by atoms with Gasteiger partial charge < -0.3 is 10.6 Å². The van der Waals surface area contributed by atoms with Crippen LogP contribution in [0.5, 0.6) is 0 Å². The van der Waals surface area contributed by atoms with E-state index in [-0.39, 0.29) is 23.4 Å². The molecule has 1 amide bonds. The van der Waals surface area contributed by atoms with Gasteiger partial charge in [-0.3, -0.25) is 4.79 Å². The summed E-state index contributed by atoms with van der Waals surface area (Å²) in [6.07, 6.45) is 0. The van der Waals surface area contributed by atoms with Crippen molar-refractivity contribution in [2.45, 2.75) is 22.8 Å². The summed E-state index contributed by atoms with van der Waals surface area (Å²) in [6.45, 7) is 2.53. The van der Waals surface area contributed by atoms with Gasteiger partial charge in [0.15, 0.2) is 0 Å². The van der Waals surface area contributed by atoms with Crippen LogP contribution < -0.4 is 15.8 Å². The molecule has 27 heavy (non-hydrogen) atoms.